The second-order valence-corrected chi connectivity index (χ2v) is 6.26. The van der Waals surface area contributed by atoms with E-state index in [2.05, 4.69) is 48.3 Å². The predicted molar refractivity (Wildman–Crippen MR) is 90.0 cm³/mol. The molecular weight excluding hydrogens is 298 g/mol. The molecule has 0 aliphatic carbocycles. The number of halogens is 1. The van der Waals surface area contributed by atoms with Gasteiger partial charge in [0.05, 0.1) is 5.69 Å². The Morgan fingerprint density at radius 3 is 2.29 bits per heavy atom. The number of hydrogen-bond donors (Lipinski definition) is 0. The summed E-state index contributed by atoms with van der Waals surface area (Å²) < 4.78 is 0. The van der Waals surface area contributed by atoms with Gasteiger partial charge in [-0.05, 0) is 31.2 Å². The number of aryl methyl sites for hydroxylation is 1. The second-order valence-electron chi connectivity index (χ2n) is 4.76. The third-order valence-corrected chi connectivity index (χ3v) is 4.39. The van der Waals surface area contributed by atoms with E-state index in [4.69, 9.17) is 11.6 Å². The molecule has 0 aliphatic rings. The van der Waals surface area contributed by atoms with E-state index < -0.39 is 0 Å². The van der Waals surface area contributed by atoms with E-state index in [9.17, 15) is 0 Å². The molecule has 3 rings (SSSR count). The molecule has 0 saturated carbocycles. The molecule has 21 heavy (non-hydrogen) atoms. The van der Waals surface area contributed by atoms with E-state index in [1.807, 2.05) is 30.3 Å². The van der Waals surface area contributed by atoms with Crippen LogP contribution in [0.5, 0.6) is 0 Å². The molecule has 3 aromatic rings. The normalized spacial score (nSPS) is 10.6. The van der Waals surface area contributed by atoms with Crippen LogP contribution in [0.4, 0.5) is 0 Å². The molecule has 0 unspecified atom stereocenters. The standard InChI is InChI=1S/C18H14ClNS/c1-13-7-9-15(10-8-13)21-16-11-12-17(19)20-18(16)14-5-3-2-4-6-14/h2-12H,1H3. The Morgan fingerprint density at radius 2 is 1.57 bits per heavy atom. The minimum atomic E-state index is 0.516. The third-order valence-electron chi connectivity index (χ3n) is 3.12. The summed E-state index contributed by atoms with van der Waals surface area (Å²) in [5.74, 6) is 0. The zero-order valence-electron chi connectivity index (χ0n) is 11.6. The fourth-order valence-electron chi connectivity index (χ4n) is 2.04. The van der Waals surface area contributed by atoms with Crippen LogP contribution in [0.15, 0.2) is 76.5 Å². The highest BCUT2D eigenvalue weighted by atomic mass is 35.5. The van der Waals surface area contributed by atoms with E-state index in [-0.39, 0.29) is 0 Å². The van der Waals surface area contributed by atoms with Gasteiger partial charge in [-0.3, -0.25) is 0 Å². The van der Waals surface area contributed by atoms with Gasteiger partial charge in [0.1, 0.15) is 5.15 Å². The number of pyridine rings is 1. The van der Waals surface area contributed by atoms with Crippen molar-refractivity contribution in [2.75, 3.05) is 0 Å². The summed E-state index contributed by atoms with van der Waals surface area (Å²) in [4.78, 5) is 6.80. The number of aromatic nitrogens is 1. The highest BCUT2D eigenvalue weighted by Gasteiger charge is 2.09. The molecule has 104 valence electrons. The second kappa shape index (κ2) is 6.33. The molecule has 0 atom stereocenters. The van der Waals surface area contributed by atoms with Crippen LogP contribution in [0, 0.1) is 6.92 Å². The van der Waals surface area contributed by atoms with Crippen LogP contribution in [0.3, 0.4) is 0 Å². The molecule has 2 aromatic carbocycles. The van der Waals surface area contributed by atoms with Crippen molar-refractivity contribution in [3.8, 4) is 11.3 Å². The third kappa shape index (κ3) is 3.46. The predicted octanol–water partition coefficient (Wildman–Crippen LogP) is 5.86. The van der Waals surface area contributed by atoms with Gasteiger partial charge in [0.25, 0.3) is 0 Å². The van der Waals surface area contributed by atoms with Crippen LogP contribution < -0.4 is 0 Å². The highest BCUT2D eigenvalue weighted by molar-refractivity contribution is 7.99. The van der Waals surface area contributed by atoms with Gasteiger partial charge in [0.2, 0.25) is 0 Å². The van der Waals surface area contributed by atoms with Crippen LogP contribution in [0.1, 0.15) is 5.56 Å². The topological polar surface area (TPSA) is 12.9 Å². The maximum absolute atomic E-state index is 6.07. The Morgan fingerprint density at radius 1 is 0.857 bits per heavy atom. The quantitative estimate of drug-likeness (QED) is 0.562. The van der Waals surface area contributed by atoms with Crippen molar-refractivity contribution in [1.82, 2.24) is 4.98 Å². The molecule has 0 fully saturated rings. The smallest absolute Gasteiger partial charge is 0.129 e. The number of nitrogens with zero attached hydrogens (tertiary/aromatic N) is 1. The number of hydrogen-bond acceptors (Lipinski definition) is 2. The molecule has 0 aliphatic heterocycles. The van der Waals surface area contributed by atoms with Crippen LogP contribution >= 0.6 is 23.4 Å². The van der Waals surface area contributed by atoms with Crippen molar-refractivity contribution in [1.29, 1.82) is 0 Å². The molecule has 0 amide bonds. The summed E-state index contributed by atoms with van der Waals surface area (Å²) in [6, 6.07) is 22.5. The number of benzene rings is 2. The summed E-state index contributed by atoms with van der Waals surface area (Å²) in [5, 5.41) is 0.516. The Balaban J connectivity index is 2.00. The van der Waals surface area contributed by atoms with Crippen LogP contribution in [-0.2, 0) is 0 Å². The van der Waals surface area contributed by atoms with Crippen molar-refractivity contribution in [3.63, 3.8) is 0 Å². The molecule has 1 nitrogen and oxygen atoms in total. The van der Waals surface area contributed by atoms with Gasteiger partial charge in [-0.1, -0.05) is 71.4 Å². The first-order chi connectivity index (χ1) is 10.2. The lowest BCUT2D eigenvalue weighted by atomic mass is 10.1. The number of rotatable bonds is 3. The SMILES string of the molecule is Cc1ccc(Sc2ccc(Cl)nc2-c2ccccc2)cc1. The zero-order chi connectivity index (χ0) is 14.7. The lowest BCUT2D eigenvalue weighted by Crippen LogP contribution is -1.88. The van der Waals surface area contributed by atoms with E-state index in [1.54, 1.807) is 11.8 Å². The Labute approximate surface area is 134 Å². The van der Waals surface area contributed by atoms with E-state index in [0.29, 0.717) is 5.15 Å². The minimum absolute atomic E-state index is 0.516. The molecule has 0 N–H and O–H groups in total. The molecule has 0 radical (unpaired) electrons. The lowest BCUT2D eigenvalue weighted by molar-refractivity contribution is 1.24. The fourth-order valence-corrected chi connectivity index (χ4v) is 3.11. The molecule has 0 spiro atoms. The molecule has 0 saturated heterocycles. The van der Waals surface area contributed by atoms with Gasteiger partial charge in [-0.25, -0.2) is 4.98 Å². The van der Waals surface area contributed by atoms with Crippen LogP contribution in [0.2, 0.25) is 5.15 Å². The molecule has 3 heteroatoms. The van der Waals surface area contributed by atoms with E-state index in [0.717, 1.165) is 16.2 Å². The Bertz CT molecular complexity index is 739. The largest absolute Gasteiger partial charge is 0.235 e. The first-order valence-electron chi connectivity index (χ1n) is 6.69. The van der Waals surface area contributed by atoms with Gasteiger partial charge in [0.15, 0.2) is 0 Å². The van der Waals surface area contributed by atoms with Crippen molar-refractivity contribution in [2.24, 2.45) is 0 Å². The maximum Gasteiger partial charge on any atom is 0.129 e. The van der Waals surface area contributed by atoms with Crippen molar-refractivity contribution in [3.05, 3.63) is 77.4 Å². The summed E-state index contributed by atoms with van der Waals surface area (Å²) in [6.07, 6.45) is 0. The molecule has 1 heterocycles. The molecular formula is C18H14ClNS. The van der Waals surface area contributed by atoms with Gasteiger partial charge in [-0.2, -0.15) is 0 Å². The van der Waals surface area contributed by atoms with Gasteiger partial charge in [0, 0.05) is 15.4 Å². The molecule has 1 aromatic heterocycles. The minimum Gasteiger partial charge on any atom is -0.235 e. The van der Waals surface area contributed by atoms with E-state index in [1.165, 1.54) is 10.5 Å². The summed E-state index contributed by atoms with van der Waals surface area (Å²) in [6.45, 7) is 2.09. The summed E-state index contributed by atoms with van der Waals surface area (Å²) in [7, 11) is 0. The van der Waals surface area contributed by atoms with Crippen molar-refractivity contribution >= 4 is 23.4 Å². The summed E-state index contributed by atoms with van der Waals surface area (Å²) >= 11 is 7.78. The zero-order valence-corrected chi connectivity index (χ0v) is 13.2. The first kappa shape index (κ1) is 14.2. The van der Waals surface area contributed by atoms with Gasteiger partial charge >= 0.3 is 0 Å². The van der Waals surface area contributed by atoms with Crippen LogP contribution in [-0.4, -0.2) is 4.98 Å². The monoisotopic (exact) mass is 311 g/mol. The average molecular weight is 312 g/mol. The van der Waals surface area contributed by atoms with Crippen molar-refractivity contribution < 1.29 is 0 Å². The Kier molecular flexibility index (Phi) is 4.28. The van der Waals surface area contributed by atoms with Gasteiger partial charge < -0.3 is 0 Å². The Hall–Kier alpha value is -1.77. The van der Waals surface area contributed by atoms with Gasteiger partial charge in [-0.15, -0.1) is 0 Å². The summed E-state index contributed by atoms with van der Waals surface area (Å²) in [5.41, 5.74) is 3.26. The van der Waals surface area contributed by atoms with Crippen LogP contribution in [0.25, 0.3) is 11.3 Å². The lowest BCUT2D eigenvalue weighted by Gasteiger charge is -2.09. The van der Waals surface area contributed by atoms with E-state index >= 15 is 0 Å². The maximum atomic E-state index is 6.07. The van der Waals surface area contributed by atoms with Crippen molar-refractivity contribution in [2.45, 2.75) is 16.7 Å². The molecule has 0 bridgehead atoms. The average Bonchev–Trinajstić information content (AvgIpc) is 2.52. The first-order valence-corrected chi connectivity index (χ1v) is 7.88. The fraction of sp³-hybridized carbons (Fsp3) is 0.0556. The highest BCUT2D eigenvalue weighted by Crippen LogP contribution is 2.35.